The number of carbonyl (C=O) groups excluding carboxylic acids is 2. The number of amides is 2. The van der Waals surface area contributed by atoms with Crippen molar-refractivity contribution >= 4 is 11.8 Å². The van der Waals surface area contributed by atoms with E-state index < -0.39 is 11.8 Å². The number of fused-ring (bicyclic) bond motifs is 4. The molecule has 0 bridgehead atoms. The lowest BCUT2D eigenvalue weighted by Crippen LogP contribution is -2.51. The van der Waals surface area contributed by atoms with E-state index in [-0.39, 0.29) is 28.7 Å². The van der Waals surface area contributed by atoms with Crippen molar-refractivity contribution in [2.45, 2.75) is 57.9 Å². The molecule has 2 heterocycles. The molecule has 6 nitrogen and oxygen atoms in total. The van der Waals surface area contributed by atoms with E-state index >= 15 is 0 Å². The summed E-state index contributed by atoms with van der Waals surface area (Å²) in [5, 5.41) is 6.76. The topological polar surface area (TPSA) is 76.7 Å². The van der Waals surface area contributed by atoms with E-state index in [2.05, 4.69) is 31.4 Å². The van der Waals surface area contributed by atoms with Gasteiger partial charge in [0, 0.05) is 34.8 Å². The van der Waals surface area contributed by atoms with Gasteiger partial charge in [-0.05, 0) is 54.4 Å². The minimum absolute atomic E-state index is 0.0148. The standard InChI is InChI=1S/C38H38N2O4/c1-37(2)20-24(40-36(42)34-27-14-6-10-18-31(27)44-32-19-11-7-15-28(32)34)21-38(3,22-37)23-39-35(41)33-25-12-4-8-16-29(25)43-30-17-9-5-13-26(30)33/h4-19,24,33-34H,20-23H2,1-3H3,(H,39,41)(H,40,42)/t24-,38-/m0/s1. The molecular formula is C38H38N2O4. The number of ether oxygens (including phenoxy) is 2. The summed E-state index contributed by atoms with van der Waals surface area (Å²) in [7, 11) is 0. The van der Waals surface area contributed by atoms with Gasteiger partial charge in [0.05, 0.1) is 11.8 Å². The number of hydrogen-bond donors (Lipinski definition) is 2. The van der Waals surface area contributed by atoms with Crippen molar-refractivity contribution in [3.05, 3.63) is 119 Å². The van der Waals surface area contributed by atoms with Gasteiger partial charge in [-0.25, -0.2) is 0 Å². The van der Waals surface area contributed by atoms with Crippen LogP contribution in [0, 0.1) is 10.8 Å². The Balaban J connectivity index is 1.10. The summed E-state index contributed by atoms with van der Waals surface area (Å²) in [5.41, 5.74) is 3.29. The van der Waals surface area contributed by atoms with Gasteiger partial charge in [0.25, 0.3) is 0 Å². The maximum Gasteiger partial charge on any atom is 0.232 e. The summed E-state index contributed by atoms with van der Waals surface area (Å²) in [6.07, 6.45) is 2.59. The van der Waals surface area contributed by atoms with Gasteiger partial charge in [0.2, 0.25) is 11.8 Å². The molecule has 1 aliphatic carbocycles. The predicted molar refractivity (Wildman–Crippen MR) is 170 cm³/mol. The molecule has 2 amide bonds. The molecule has 4 aromatic carbocycles. The monoisotopic (exact) mass is 586 g/mol. The molecule has 224 valence electrons. The van der Waals surface area contributed by atoms with Crippen LogP contribution < -0.4 is 20.1 Å². The fourth-order valence-electron chi connectivity index (χ4n) is 7.94. The van der Waals surface area contributed by atoms with E-state index in [1.807, 2.05) is 97.1 Å². The lowest BCUT2D eigenvalue weighted by Gasteiger charge is -2.47. The molecule has 1 fully saturated rings. The zero-order valence-corrected chi connectivity index (χ0v) is 25.4. The first-order chi connectivity index (χ1) is 21.2. The molecule has 4 aromatic rings. The van der Waals surface area contributed by atoms with E-state index in [1.165, 1.54) is 0 Å². The molecule has 3 aliphatic rings. The van der Waals surface area contributed by atoms with Gasteiger partial charge in [-0.15, -0.1) is 0 Å². The maximum atomic E-state index is 14.1. The summed E-state index contributed by atoms with van der Waals surface area (Å²) < 4.78 is 12.3. The second kappa shape index (κ2) is 10.8. The van der Waals surface area contributed by atoms with Gasteiger partial charge in [0.1, 0.15) is 23.0 Å². The molecule has 7 rings (SSSR count). The molecule has 6 heteroatoms. The Morgan fingerprint density at radius 1 is 0.636 bits per heavy atom. The number of rotatable bonds is 5. The largest absolute Gasteiger partial charge is 0.457 e. The van der Waals surface area contributed by atoms with E-state index in [0.29, 0.717) is 6.54 Å². The molecule has 0 spiro atoms. The number of para-hydroxylation sites is 4. The SMILES string of the molecule is CC1(C)C[C@H](NC(=O)C2c3ccccc3Oc3ccccc32)C[C@](C)(CNC(=O)C2c3ccccc3Oc3ccccc32)C1. The van der Waals surface area contributed by atoms with E-state index in [9.17, 15) is 9.59 Å². The van der Waals surface area contributed by atoms with E-state index in [4.69, 9.17) is 9.47 Å². The smallest absolute Gasteiger partial charge is 0.232 e. The third kappa shape index (κ3) is 5.23. The Morgan fingerprint density at radius 2 is 1.05 bits per heavy atom. The highest BCUT2D eigenvalue weighted by molar-refractivity contribution is 5.90. The average molecular weight is 587 g/mol. The second-order valence-corrected chi connectivity index (χ2v) is 13.7. The van der Waals surface area contributed by atoms with Crippen LogP contribution in [0.5, 0.6) is 23.0 Å². The van der Waals surface area contributed by atoms with Crippen LogP contribution in [0.2, 0.25) is 0 Å². The van der Waals surface area contributed by atoms with Crippen LogP contribution in [0.1, 0.15) is 74.1 Å². The molecule has 0 saturated heterocycles. The molecular weight excluding hydrogens is 548 g/mol. The average Bonchev–Trinajstić information content (AvgIpc) is 3.00. The minimum atomic E-state index is -0.444. The van der Waals surface area contributed by atoms with Crippen LogP contribution in [0.3, 0.4) is 0 Å². The lowest BCUT2D eigenvalue weighted by atomic mass is 9.62. The van der Waals surface area contributed by atoms with Gasteiger partial charge in [-0.1, -0.05) is 93.6 Å². The summed E-state index contributed by atoms with van der Waals surface area (Å²) in [6.45, 7) is 7.27. The molecule has 0 unspecified atom stereocenters. The quantitative estimate of drug-likeness (QED) is 0.252. The zero-order chi connectivity index (χ0) is 30.5. The van der Waals surface area contributed by atoms with Crippen molar-refractivity contribution in [2.75, 3.05) is 6.54 Å². The minimum Gasteiger partial charge on any atom is -0.457 e. The Kier molecular flexibility index (Phi) is 6.95. The van der Waals surface area contributed by atoms with Crippen molar-refractivity contribution in [3.8, 4) is 23.0 Å². The van der Waals surface area contributed by atoms with E-state index in [0.717, 1.165) is 64.5 Å². The van der Waals surface area contributed by atoms with Crippen LogP contribution in [0.15, 0.2) is 97.1 Å². The summed E-state index contributed by atoms with van der Waals surface area (Å²) in [6, 6.07) is 31.1. The maximum absolute atomic E-state index is 14.1. The molecule has 2 atom stereocenters. The van der Waals surface area contributed by atoms with Gasteiger partial charge < -0.3 is 20.1 Å². The molecule has 1 saturated carbocycles. The van der Waals surface area contributed by atoms with Crippen LogP contribution in [-0.4, -0.2) is 24.4 Å². The van der Waals surface area contributed by atoms with Crippen LogP contribution in [0.25, 0.3) is 0 Å². The summed E-state index contributed by atoms with van der Waals surface area (Å²) in [4.78, 5) is 28.0. The molecule has 44 heavy (non-hydrogen) atoms. The fourth-order valence-corrected chi connectivity index (χ4v) is 7.94. The lowest BCUT2D eigenvalue weighted by molar-refractivity contribution is -0.125. The molecule has 0 radical (unpaired) electrons. The number of benzene rings is 4. The van der Waals surface area contributed by atoms with Gasteiger partial charge in [-0.2, -0.15) is 0 Å². The Hall–Kier alpha value is -4.58. The molecule has 2 N–H and O–H groups in total. The van der Waals surface area contributed by atoms with Crippen LogP contribution in [-0.2, 0) is 9.59 Å². The van der Waals surface area contributed by atoms with Crippen LogP contribution in [0.4, 0.5) is 0 Å². The van der Waals surface area contributed by atoms with Gasteiger partial charge in [-0.3, -0.25) is 9.59 Å². The number of nitrogens with one attached hydrogen (secondary N) is 2. The zero-order valence-electron chi connectivity index (χ0n) is 25.4. The highest BCUT2D eigenvalue weighted by Gasteiger charge is 2.44. The number of carbonyl (C=O) groups is 2. The fraction of sp³-hybridized carbons (Fsp3) is 0.316. The van der Waals surface area contributed by atoms with Crippen molar-refractivity contribution in [1.82, 2.24) is 10.6 Å². The van der Waals surface area contributed by atoms with E-state index in [1.54, 1.807) is 0 Å². The van der Waals surface area contributed by atoms with Crippen molar-refractivity contribution in [1.29, 1.82) is 0 Å². The summed E-state index contributed by atoms with van der Waals surface area (Å²) >= 11 is 0. The Morgan fingerprint density at radius 3 is 1.50 bits per heavy atom. The van der Waals surface area contributed by atoms with Crippen LogP contribution >= 0.6 is 0 Å². The molecule has 0 aromatic heterocycles. The third-order valence-corrected chi connectivity index (χ3v) is 9.36. The van der Waals surface area contributed by atoms with Crippen molar-refractivity contribution in [2.24, 2.45) is 10.8 Å². The second-order valence-electron chi connectivity index (χ2n) is 13.7. The predicted octanol–water partition coefficient (Wildman–Crippen LogP) is 7.68. The Labute approximate surface area is 258 Å². The highest BCUT2D eigenvalue weighted by atomic mass is 16.5. The van der Waals surface area contributed by atoms with Gasteiger partial charge >= 0.3 is 0 Å². The third-order valence-electron chi connectivity index (χ3n) is 9.36. The van der Waals surface area contributed by atoms with Crippen molar-refractivity contribution < 1.29 is 19.1 Å². The first kappa shape index (κ1) is 28.2. The summed E-state index contributed by atoms with van der Waals surface area (Å²) in [5.74, 6) is 1.94. The number of hydrogen-bond acceptors (Lipinski definition) is 4. The normalized spacial score (nSPS) is 21.8. The van der Waals surface area contributed by atoms with Gasteiger partial charge in [0.15, 0.2) is 0 Å². The first-order valence-electron chi connectivity index (χ1n) is 15.5. The van der Waals surface area contributed by atoms with Crippen molar-refractivity contribution in [3.63, 3.8) is 0 Å². The highest BCUT2D eigenvalue weighted by Crippen LogP contribution is 2.48. The Bertz CT molecular complexity index is 1660. The molecule has 2 aliphatic heterocycles. The first-order valence-corrected chi connectivity index (χ1v) is 15.5.